The van der Waals surface area contributed by atoms with Crippen molar-refractivity contribution in [2.45, 2.75) is 30.3 Å². The number of nitrogens with one attached hydrogen (secondary N) is 1. The molecular weight excluding hydrogens is 569 g/mol. The van der Waals surface area contributed by atoms with E-state index in [1.807, 2.05) is 0 Å². The van der Waals surface area contributed by atoms with Gasteiger partial charge < -0.3 is 15.3 Å². The summed E-state index contributed by atoms with van der Waals surface area (Å²) in [6, 6.07) is 11.1. The summed E-state index contributed by atoms with van der Waals surface area (Å²) in [4.78, 5) is 43.2. The van der Waals surface area contributed by atoms with Crippen LogP contribution in [0.3, 0.4) is 0 Å². The van der Waals surface area contributed by atoms with Crippen molar-refractivity contribution in [3.63, 3.8) is 0 Å². The van der Waals surface area contributed by atoms with E-state index in [0.29, 0.717) is 37.3 Å². The van der Waals surface area contributed by atoms with Gasteiger partial charge in [-0.1, -0.05) is 53.5 Å². The number of carbonyl (C=O) groups is 3. The summed E-state index contributed by atoms with van der Waals surface area (Å²) in [7, 11) is -2.56. The van der Waals surface area contributed by atoms with Crippen LogP contribution in [0.4, 0.5) is 4.79 Å². The Labute approximate surface area is 236 Å². The van der Waals surface area contributed by atoms with Gasteiger partial charge in [-0.15, -0.1) is 0 Å². The van der Waals surface area contributed by atoms with Gasteiger partial charge in [0.15, 0.2) is 0 Å². The molecule has 3 amide bonds. The van der Waals surface area contributed by atoms with E-state index in [9.17, 15) is 27.9 Å². The topological polar surface area (TPSA) is 140 Å². The number of carbonyl (C=O) groups excluding carboxylic acids is 2. The molecule has 2 aromatic carbocycles. The minimum Gasteiger partial charge on any atom is -0.465 e. The molecule has 1 aliphatic heterocycles. The van der Waals surface area contributed by atoms with Gasteiger partial charge >= 0.3 is 6.09 Å². The Hall–Kier alpha value is -3.19. The van der Waals surface area contributed by atoms with E-state index in [-0.39, 0.29) is 40.0 Å². The van der Waals surface area contributed by atoms with E-state index < -0.39 is 28.6 Å². The third kappa shape index (κ3) is 6.70. The molecule has 0 radical (unpaired) electrons. The highest BCUT2D eigenvalue weighted by atomic mass is 35.5. The van der Waals surface area contributed by atoms with Crippen molar-refractivity contribution in [3.8, 4) is 0 Å². The van der Waals surface area contributed by atoms with Crippen LogP contribution < -0.4 is 5.32 Å². The number of nitrogens with zero attached hydrogens (tertiary/aromatic N) is 4. The van der Waals surface area contributed by atoms with Gasteiger partial charge in [-0.3, -0.25) is 19.5 Å². The molecule has 11 nitrogen and oxygen atoms in total. The Kier molecular flexibility index (Phi) is 8.80. The lowest BCUT2D eigenvalue weighted by Gasteiger charge is -2.23. The van der Waals surface area contributed by atoms with Crippen LogP contribution in [0.1, 0.15) is 24.0 Å². The Balaban J connectivity index is 1.32. The predicted octanol–water partition coefficient (Wildman–Crippen LogP) is 2.66. The molecule has 0 unspecified atom stereocenters. The van der Waals surface area contributed by atoms with E-state index in [1.165, 1.54) is 28.0 Å². The van der Waals surface area contributed by atoms with Crippen LogP contribution in [0.5, 0.6) is 0 Å². The smallest absolute Gasteiger partial charge is 0.413 e. The average Bonchev–Trinajstić information content (AvgIpc) is 3.60. The molecule has 0 aromatic heterocycles. The monoisotopic (exact) mass is 595 g/mol. The van der Waals surface area contributed by atoms with Gasteiger partial charge in [0.2, 0.25) is 21.8 Å². The molecule has 1 fully saturated rings. The molecule has 0 atom stereocenters. The van der Waals surface area contributed by atoms with Gasteiger partial charge in [0.25, 0.3) is 0 Å². The second kappa shape index (κ2) is 11.9. The predicted molar refractivity (Wildman–Crippen MR) is 145 cm³/mol. The van der Waals surface area contributed by atoms with Gasteiger partial charge in [0.05, 0.1) is 36.2 Å². The highest BCUT2D eigenvalue weighted by Crippen LogP contribution is 2.37. The first-order valence-corrected chi connectivity index (χ1v) is 14.3. The minimum absolute atomic E-state index is 0.0335. The van der Waals surface area contributed by atoms with Crippen molar-refractivity contribution in [1.82, 2.24) is 19.4 Å². The summed E-state index contributed by atoms with van der Waals surface area (Å²) in [5.41, 5.74) is 1.46. The number of carboxylic acid groups (broad SMARTS) is 1. The Morgan fingerprint density at radius 3 is 2.33 bits per heavy atom. The Morgan fingerprint density at radius 2 is 1.74 bits per heavy atom. The number of amides is 3. The Bertz CT molecular complexity index is 1390. The number of sulfonamides is 1. The third-order valence-electron chi connectivity index (χ3n) is 6.31. The van der Waals surface area contributed by atoms with Crippen LogP contribution >= 0.6 is 23.2 Å². The summed E-state index contributed by atoms with van der Waals surface area (Å²) in [6.45, 7) is 0.184. The van der Waals surface area contributed by atoms with E-state index in [0.717, 1.165) is 9.87 Å². The SMILES string of the molecule is CN(Cc1ccc(C2=NCCN2C(=O)O)cc1)C(=O)CNC(=O)CN(C1CC1)S(=O)(=O)c1c(Cl)cccc1Cl. The van der Waals surface area contributed by atoms with Gasteiger partial charge in [-0.25, -0.2) is 13.2 Å². The maximum atomic E-state index is 13.3. The lowest BCUT2D eigenvalue weighted by Crippen LogP contribution is -2.45. The number of hydrogen-bond donors (Lipinski definition) is 2. The summed E-state index contributed by atoms with van der Waals surface area (Å²) < 4.78 is 27.6. The standard InChI is InChI=1S/C25H27Cl2N5O6S/c1-30(14-16-5-7-17(8-6-16)24-28-11-12-31(24)25(35)36)22(34)13-29-21(33)15-32(18-9-10-18)39(37,38)23-19(26)3-2-4-20(23)27/h2-8,18H,9-15H2,1H3,(H,29,33)(H,35,36). The van der Waals surface area contributed by atoms with Crippen molar-refractivity contribution in [1.29, 1.82) is 0 Å². The van der Waals surface area contributed by atoms with E-state index in [2.05, 4.69) is 10.3 Å². The number of halogens is 2. The largest absolute Gasteiger partial charge is 0.465 e. The fraction of sp³-hybridized carbons (Fsp3) is 0.360. The van der Waals surface area contributed by atoms with Crippen LogP contribution in [0, 0.1) is 0 Å². The second-order valence-electron chi connectivity index (χ2n) is 9.20. The molecular formula is C25H27Cl2N5O6S. The molecule has 0 spiro atoms. The zero-order valence-corrected chi connectivity index (χ0v) is 23.3. The van der Waals surface area contributed by atoms with Crippen LogP contribution in [0.2, 0.25) is 10.0 Å². The van der Waals surface area contributed by atoms with Gasteiger partial charge in [0.1, 0.15) is 10.7 Å². The number of likely N-dealkylation sites (N-methyl/N-ethyl adjacent to an activating group) is 1. The summed E-state index contributed by atoms with van der Waals surface area (Å²) >= 11 is 12.2. The minimum atomic E-state index is -4.14. The molecule has 14 heteroatoms. The average molecular weight is 596 g/mol. The van der Waals surface area contributed by atoms with Crippen LogP contribution in [0.15, 0.2) is 52.4 Å². The molecule has 1 heterocycles. The summed E-state index contributed by atoms with van der Waals surface area (Å²) in [5, 5.41) is 11.7. The summed E-state index contributed by atoms with van der Waals surface area (Å²) in [6.07, 6.45) is 0.154. The third-order valence-corrected chi connectivity index (χ3v) is 9.16. The Morgan fingerprint density at radius 1 is 1.10 bits per heavy atom. The van der Waals surface area contributed by atoms with Gasteiger partial charge in [-0.05, 0) is 30.5 Å². The highest BCUT2D eigenvalue weighted by Gasteiger charge is 2.41. The van der Waals surface area contributed by atoms with Gasteiger partial charge in [-0.2, -0.15) is 4.31 Å². The quantitative estimate of drug-likeness (QED) is 0.433. The number of amidine groups is 1. The molecule has 208 valence electrons. The maximum Gasteiger partial charge on any atom is 0.413 e. The lowest BCUT2D eigenvalue weighted by molar-refractivity contribution is -0.132. The molecule has 0 bridgehead atoms. The van der Waals surface area contributed by atoms with Crippen molar-refractivity contribution < 1.29 is 27.9 Å². The zero-order chi connectivity index (χ0) is 28.3. The van der Waals surface area contributed by atoms with Crippen molar-refractivity contribution in [2.75, 3.05) is 33.2 Å². The normalized spacial score (nSPS) is 15.3. The first-order valence-electron chi connectivity index (χ1n) is 12.1. The molecule has 0 saturated heterocycles. The van der Waals surface area contributed by atoms with Crippen molar-refractivity contribution in [3.05, 3.63) is 63.6 Å². The number of hydrogen-bond acceptors (Lipinski definition) is 6. The fourth-order valence-electron chi connectivity index (χ4n) is 4.13. The molecule has 2 aliphatic rings. The molecule has 2 N–H and O–H groups in total. The first-order chi connectivity index (χ1) is 18.5. The van der Waals surface area contributed by atoms with Gasteiger partial charge in [0, 0.05) is 25.2 Å². The first kappa shape index (κ1) is 28.8. The molecule has 2 aromatic rings. The molecule has 39 heavy (non-hydrogen) atoms. The molecule has 1 saturated carbocycles. The highest BCUT2D eigenvalue weighted by molar-refractivity contribution is 7.89. The number of benzene rings is 2. The van der Waals surface area contributed by atoms with Crippen LogP contribution in [-0.4, -0.2) is 90.6 Å². The van der Waals surface area contributed by atoms with Crippen molar-refractivity contribution >= 4 is 57.0 Å². The van der Waals surface area contributed by atoms with E-state index >= 15 is 0 Å². The second-order valence-corrected chi connectivity index (χ2v) is 11.8. The maximum absolute atomic E-state index is 13.3. The fourth-order valence-corrected chi connectivity index (χ4v) is 6.86. The lowest BCUT2D eigenvalue weighted by atomic mass is 10.1. The zero-order valence-electron chi connectivity index (χ0n) is 21.0. The van der Waals surface area contributed by atoms with E-state index in [1.54, 1.807) is 31.3 Å². The number of aliphatic imine (C=N–C) groups is 1. The summed E-state index contributed by atoms with van der Waals surface area (Å²) in [5.74, 6) is -0.611. The van der Waals surface area contributed by atoms with Crippen LogP contribution in [0.25, 0.3) is 0 Å². The number of rotatable bonds is 10. The van der Waals surface area contributed by atoms with Crippen LogP contribution in [-0.2, 0) is 26.2 Å². The molecule has 1 aliphatic carbocycles. The van der Waals surface area contributed by atoms with E-state index in [4.69, 9.17) is 23.2 Å². The van der Waals surface area contributed by atoms with Crippen molar-refractivity contribution in [2.24, 2.45) is 4.99 Å². The molecule has 4 rings (SSSR count).